The minimum Gasteiger partial charge on any atom is -0.342 e. The highest BCUT2D eigenvalue weighted by Gasteiger charge is 2.28. The molecule has 0 aliphatic heterocycles. The summed E-state index contributed by atoms with van der Waals surface area (Å²) < 4.78 is 37.3. The molecule has 1 amide bonds. The second-order valence-electron chi connectivity index (χ2n) is 4.92. The maximum atomic E-state index is 12.2. The van der Waals surface area contributed by atoms with Gasteiger partial charge in [-0.25, -0.2) is 9.67 Å². The molecule has 7 nitrogen and oxygen atoms in total. The lowest BCUT2D eigenvalue weighted by Crippen LogP contribution is -2.18. The van der Waals surface area contributed by atoms with Crippen molar-refractivity contribution in [2.45, 2.75) is 19.6 Å². The first-order valence-electron chi connectivity index (χ1n) is 6.55. The molecule has 2 N–H and O–H groups in total. The number of aromatic amines is 1. The summed E-state index contributed by atoms with van der Waals surface area (Å²) in [5.74, 6) is 0.158. The predicted molar refractivity (Wildman–Crippen MR) is 74.9 cm³/mol. The summed E-state index contributed by atoms with van der Waals surface area (Å²) in [7, 11) is 0. The second-order valence-corrected chi connectivity index (χ2v) is 4.92. The van der Waals surface area contributed by atoms with Crippen LogP contribution >= 0.6 is 0 Å². The zero-order valence-corrected chi connectivity index (χ0v) is 11.8. The fourth-order valence-electron chi connectivity index (χ4n) is 2.08. The monoisotopic (exact) mass is 324 g/mol. The van der Waals surface area contributed by atoms with Crippen LogP contribution < -0.4 is 5.32 Å². The van der Waals surface area contributed by atoms with Crippen LogP contribution in [0.25, 0.3) is 11.0 Å². The fraction of sp³-hybridized carbons (Fsp3) is 0.231. The number of aryl methyl sites for hydroxylation is 1. The zero-order chi connectivity index (χ0) is 16.6. The fourth-order valence-corrected chi connectivity index (χ4v) is 2.08. The quantitative estimate of drug-likeness (QED) is 0.773. The molecule has 0 radical (unpaired) electrons. The molecule has 0 spiro atoms. The molecule has 10 heteroatoms. The Morgan fingerprint density at radius 2 is 2.17 bits per heavy atom. The van der Waals surface area contributed by atoms with E-state index in [0.29, 0.717) is 21.6 Å². The number of nitrogens with one attached hydrogen (secondary N) is 2. The summed E-state index contributed by atoms with van der Waals surface area (Å²) in [6.07, 6.45) is -3.39. The van der Waals surface area contributed by atoms with Gasteiger partial charge in [0.15, 0.2) is 5.82 Å². The summed E-state index contributed by atoms with van der Waals surface area (Å²) in [6, 6.07) is 4.84. The molecule has 0 unspecified atom stereocenters. The molecule has 0 bridgehead atoms. The number of carbonyl (C=O) groups excluding carboxylic acids is 1. The summed E-state index contributed by atoms with van der Waals surface area (Å²) in [5, 5.41) is 9.21. The highest BCUT2D eigenvalue weighted by Crippen LogP contribution is 2.18. The van der Waals surface area contributed by atoms with Crippen LogP contribution in [-0.4, -0.2) is 37.0 Å². The Kier molecular flexibility index (Phi) is 3.51. The lowest BCUT2D eigenvalue weighted by atomic mass is 10.2. The Balaban J connectivity index is 1.75. The first kappa shape index (κ1) is 15.0. The number of nitrogens with zero attached hydrogens (tertiary/aromatic N) is 4. The Bertz CT molecular complexity index is 866. The average Bonchev–Trinajstić information content (AvgIpc) is 3.01. The average molecular weight is 324 g/mol. The SMILES string of the molecule is Cc1nc2ccc(C(=O)Nc3cn(CC(F)(F)F)nn3)cc2[nH]1. The molecule has 3 rings (SSSR count). The predicted octanol–water partition coefficient (Wildman–Crippen LogP) is 2.28. The third kappa shape index (κ3) is 3.47. The van der Waals surface area contributed by atoms with Crippen molar-refractivity contribution in [2.24, 2.45) is 0 Å². The van der Waals surface area contributed by atoms with Crippen LogP contribution in [0.4, 0.5) is 19.0 Å². The van der Waals surface area contributed by atoms with Gasteiger partial charge in [0, 0.05) is 5.56 Å². The van der Waals surface area contributed by atoms with Gasteiger partial charge in [-0.15, -0.1) is 5.10 Å². The van der Waals surface area contributed by atoms with Crippen LogP contribution in [0.3, 0.4) is 0 Å². The molecule has 3 aromatic rings. The summed E-state index contributed by atoms with van der Waals surface area (Å²) in [4.78, 5) is 19.3. The van der Waals surface area contributed by atoms with E-state index >= 15 is 0 Å². The van der Waals surface area contributed by atoms with Crippen molar-refractivity contribution >= 4 is 22.8 Å². The molecule has 0 aliphatic carbocycles. The first-order chi connectivity index (χ1) is 10.8. The third-order valence-corrected chi connectivity index (χ3v) is 2.98. The van der Waals surface area contributed by atoms with Gasteiger partial charge in [-0.3, -0.25) is 4.79 Å². The number of H-pyrrole nitrogens is 1. The lowest BCUT2D eigenvalue weighted by Gasteiger charge is -2.04. The third-order valence-electron chi connectivity index (χ3n) is 2.98. The number of rotatable bonds is 3. The van der Waals surface area contributed by atoms with Crippen LogP contribution in [0.2, 0.25) is 0 Å². The smallest absolute Gasteiger partial charge is 0.342 e. The first-order valence-corrected chi connectivity index (χ1v) is 6.55. The maximum absolute atomic E-state index is 12.2. The highest BCUT2D eigenvalue weighted by atomic mass is 19.4. The number of fused-ring (bicyclic) bond motifs is 1. The molecule has 120 valence electrons. The van der Waals surface area contributed by atoms with Gasteiger partial charge in [0.1, 0.15) is 12.4 Å². The normalized spacial score (nSPS) is 11.8. The van der Waals surface area contributed by atoms with E-state index in [1.165, 1.54) is 0 Å². The number of aromatic nitrogens is 5. The summed E-state index contributed by atoms with van der Waals surface area (Å²) in [5.41, 5.74) is 1.73. The molecule has 0 atom stereocenters. The van der Waals surface area contributed by atoms with Gasteiger partial charge in [0.05, 0.1) is 17.2 Å². The Morgan fingerprint density at radius 3 is 2.91 bits per heavy atom. The Labute approximate surface area is 127 Å². The molecular formula is C13H11F3N6O. The standard InChI is InChI=1S/C13H11F3N6O/c1-7-17-9-3-2-8(4-10(9)18-7)12(23)19-11-5-22(21-20-11)6-13(14,15)16/h2-5H,6H2,1H3,(H,17,18)(H,19,23). The number of benzene rings is 1. The van der Waals surface area contributed by atoms with Gasteiger partial charge < -0.3 is 10.3 Å². The van der Waals surface area contributed by atoms with Gasteiger partial charge in [0.2, 0.25) is 0 Å². The lowest BCUT2D eigenvalue weighted by molar-refractivity contribution is -0.142. The van der Waals surface area contributed by atoms with Crippen molar-refractivity contribution in [3.05, 3.63) is 35.8 Å². The van der Waals surface area contributed by atoms with Crippen molar-refractivity contribution in [3.8, 4) is 0 Å². The number of hydrogen-bond donors (Lipinski definition) is 2. The van der Waals surface area contributed by atoms with E-state index in [2.05, 4.69) is 25.6 Å². The minimum atomic E-state index is -4.40. The topological polar surface area (TPSA) is 88.5 Å². The van der Waals surface area contributed by atoms with Gasteiger partial charge in [-0.1, -0.05) is 5.21 Å². The van der Waals surface area contributed by atoms with E-state index in [-0.39, 0.29) is 5.82 Å². The van der Waals surface area contributed by atoms with Crippen LogP contribution in [-0.2, 0) is 6.54 Å². The van der Waals surface area contributed by atoms with Crippen LogP contribution in [0.5, 0.6) is 0 Å². The highest BCUT2D eigenvalue weighted by molar-refractivity contribution is 6.05. The second kappa shape index (κ2) is 5.38. The zero-order valence-electron chi connectivity index (χ0n) is 11.8. The van der Waals surface area contributed by atoms with Crippen molar-refractivity contribution in [3.63, 3.8) is 0 Å². The number of amides is 1. The molecule has 2 aromatic heterocycles. The Hall–Kier alpha value is -2.91. The van der Waals surface area contributed by atoms with E-state index in [9.17, 15) is 18.0 Å². The molecule has 0 fully saturated rings. The van der Waals surface area contributed by atoms with Crippen molar-refractivity contribution in [1.82, 2.24) is 25.0 Å². The van der Waals surface area contributed by atoms with Gasteiger partial charge in [-0.2, -0.15) is 13.2 Å². The van der Waals surface area contributed by atoms with E-state index in [4.69, 9.17) is 0 Å². The van der Waals surface area contributed by atoms with E-state index in [1.807, 2.05) is 0 Å². The molecule has 2 heterocycles. The van der Waals surface area contributed by atoms with E-state index < -0.39 is 18.6 Å². The molecule has 0 saturated heterocycles. The van der Waals surface area contributed by atoms with E-state index in [0.717, 1.165) is 11.7 Å². The molecule has 1 aromatic carbocycles. The van der Waals surface area contributed by atoms with Gasteiger partial charge in [-0.05, 0) is 25.1 Å². The van der Waals surface area contributed by atoms with Crippen LogP contribution in [0.15, 0.2) is 24.4 Å². The van der Waals surface area contributed by atoms with Crippen LogP contribution in [0, 0.1) is 6.92 Å². The number of halogens is 3. The summed E-state index contributed by atoms with van der Waals surface area (Å²) in [6.45, 7) is 0.522. The number of alkyl halides is 3. The molecule has 0 saturated carbocycles. The van der Waals surface area contributed by atoms with Crippen molar-refractivity contribution < 1.29 is 18.0 Å². The van der Waals surface area contributed by atoms with Crippen molar-refractivity contribution in [2.75, 3.05) is 5.32 Å². The minimum absolute atomic E-state index is 0.0554. The van der Waals surface area contributed by atoms with Gasteiger partial charge >= 0.3 is 6.18 Å². The van der Waals surface area contributed by atoms with Crippen molar-refractivity contribution in [1.29, 1.82) is 0 Å². The molecular weight excluding hydrogens is 313 g/mol. The maximum Gasteiger partial charge on any atom is 0.408 e. The number of carbonyl (C=O) groups is 1. The largest absolute Gasteiger partial charge is 0.408 e. The summed E-state index contributed by atoms with van der Waals surface area (Å²) >= 11 is 0. The number of anilines is 1. The Morgan fingerprint density at radius 1 is 1.39 bits per heavy atom. The number of imidazole rings is 1. The molecule has 23 heavy (non-hydrogen) atoms. The number of hydrogen-bond acceptors (Lipinski definition) is 4. The van der Waals surface area contributed by atoms with Crippen LogP contribution in [0.1, 0.15) is 16.2 Å². The molecule has 0 aliphatic rings. The van der Waals surface area contributed by atoms with E-state index in [1.54, 1.807) is 25.1 Å². The van der Waals surface area contributed by atoms with Gasteiger partial charge in [0.25, 0.3) is 5.91 Å².